The lowest BCUT2D eigenvalue weighted by Crippen LogP contribution is -2.46. The first-order valence-electron chi connectivity index (χ1n) is 13.3. The number of hydrogen-bond donors (Lipinski definition) is 4. The lowest BCUT2D eigenvalue weighted by Gasteiger charge is -2.22. The monoisotopic (exact) mass is 552 g/mol. The van der Waals surface area contributed by atoms with E-state index < -0.39 is 24.0 Å². The highest BCUT2D eigenvalue weighted by molar-refractivity contribution is 5.91. The number of carbonyl (C=O) groups excluding carboxylic acids is 4. The average Bonchev–Trinajstić information content (AvgIpc) is 2.94. The van der Waals surface area contributed by atoms with Gasteiger partial charge in [-0.2, -0.15) is 0 Å². The highest BCUT2D eigenvalue weighted by atomic mass is 16.5. The SMILES string of the molecule is CC(C)[C@H](COC(=O)/C=C/C(=O)OC[C@H](NC(=O)NCc1ccccc1)C(C)C)NC(=O)NCc1ccccc1. The third-order valence-corrected chi connectivity index (χ3v) is 6.00. The molecule has 2 rings (SSSR count). The molecule has 4 amide bonds. The molecule has 0 spiro atoms. The smallest absolute Gasteiger partial charge is 0.331 e. The van der Waals surface area contributed by atoms with Crippen molar-refractivity contribution in [3.05, 3.63) is 83.9 Å². The fourth-order valence-electron chi connectivity index (χ4n) is 3.37. The van der Waals surface area contributed by atoms with Crippen LogP contribution >= 0.6 is 0 Å². The van der Waals surface area contributed by atoms with Crippen LogP contribution in [0.2, 0.25) is 0 Å². The van der Waals surface area contributed by atoms with Gasteiger partial charge in [-0.1, -0.05) is 88.4 Å². The summed E-state index contributed by atoms with van der Waals surface area (Å²) in [6.45, 7) is 8.18. The summed E-state index contributed by atoms with van der Waals surface area (Å²) in [5.41, 5.74) is 1.92. The van der Waals surface area contributed by atoms with Gasteiger partial charge < -0.3 is 30.7 Å². The molecule has 40 heavy (non-hydrogen) atoms. The van der Waals surface area contributed by atoms with E-state index >= 15 is 0 Å². The summed E-state index contributed by atoms with van der Waals surface area (Å²) >= 11 is 0. The van der Waals surface area contributed by atoms with Gasteiger partial charge in [-0.05, 0) is 23.0 Å². The third kappa shape index (κ3) is 12.9. The molecule has 0 heterocycles. The summed E-state index contributed by atoms with van der Waals surface area (Å²) in [5, 5.41) is 11.1. The third-order valence-electron chi connectivity index (χ3n) is 6.00. The number of nitrogens with one attached hydrogen (secondary N) is 4. The Morgan fingerprint density at radius 1 is 0.625 bits per heavy atom. The first kappa shape index (κ1) is 31.9. The van der Waals surface area contributed by atoms with Crippen LogP contribution in [0.25, 0.3) is 0 Å². The van der Waals surface area contributed by atoms with Crippen LogP contribution in [0.4, 0.5) is 9.59 Å². The molecule has 0 bridgehead atoms. The summed E-state index contributed by atoms with van der Waals surface area (Å²) in [6, 6.07) is 17.4. The first-order chi connectivity index (χ1) is 19.1. The van der Waals surface area contributed by atoms with Gasteiger partial charge in [0.25, 0.3) is 0 Å². The minimum Gasteiger partial charge on any atom is -0.460 e. The number of ether oxygens (including phenoxy) is 2. The summed E-state index contributed by atoms with van der Waals surface area (Å²) in [6.07, 6.45) is 1.94. The molecule has 0 saturated carbocycles. The molecule has 0 aliphatic heterocycles. The van der Waals surface area contributed by atoms with E-state index in [-0.39, 0.29) is 37.1 Å². The van der Waals surface area contributed by atoms with Crippen molar-refractivity contribution in [2.24, 2.45) is 11.8 Å². The fourth-order valence-corrected chi connectivity index (χ4v) is 3.37. The van der Waals surface area contributed by atoms with Gasteiger partial charge in [0.05, 0.1) is 12.1 Å². The summed E-state index contributed by atoms with van der Waals surface area (Å²) in [7, 11) is 0. The van der Waals surface area contributed by atoms with E-state index in [4.69, 9.17) is 9.47 Å². The highest BCUT2D eigenvalue weighted by Crippen LogP contribution is 2.05. The summed E-state index contributed by atoms with van der Waals surface area (Å²) in [5.74, 6) is -1.50. The van der Waals surface area contributed by atoms with Crippen molar-refractivity contribution in [2.75, 3.05) is 13.2 Å². The van der Waals surface area contributed by atoms with Crippen LogP contribution in [0.1, 0.15) is 38.8 Å². The number of amides is 4. The zero-order valence-corrected chi connectivity index (χ0v) is 23.5. The first-order valence-corrected chi connectivity index (χ1v) is 13.3. The van der Waals surface area contributed by atoms with Gasteiger partial charge in [-0.15, -0.1) is 0 Å². The zero-order chi connectivity index (χ0) is 29.3. The minimum absolute atomic E-state index is 0.00502. The van der Waals surface area contributed by atoms with E-state index in [2.05, 4.69) is 21.3 Å². The summed E-state index contributed by atoms with van der Waals surface area (Å²) < 4.78 is 10.4. The average molecular weight is 553 g/mol. The van der Waals surface area contributed by atoms with Gasteiger partial charge >= 0.3 is 24.0 Å². The predicted octanol–water partition coefficient (Wildman–Crippen LogP) is 3.68. The van der Waals surface area contributed by atoms with Gasteiger partial charge in [-0.3, -0.25) is 0 Å². The molecule has 4 N–H and O–H groups in total. The van der Waals surface area contributed by atoms with Gasteiger partial charge in [0.15, 0.2) is 0 Å². The van der Waals surface area contributed by atoms with Gasteiger partial charge in [0, 0.05) is 25.2 Å². The molecule has 0 aliphatic carbocycles. The Kier molecular flexibility index (Phi) is 13.8. The second-order valence-electron chi connectivity index (χ2n) is 9.92. The van der Waals surface area contributed by atoms with E-state index in [0.717, 1.165) is 23.3 Å². The molecular formula is C30H40N4O6. The number of benzene rings is 2. The van der Waals surface area contributed by atoms with Crippen LogP contribution in [0.15, 0.2) is 72.8 Å². The Morgan fingerprint density at radius 3 is 1.30 bits per heavy atom. The Labute approximate surface area is 235 Å². The molecule has 0 aromatic heterocycles. The second kappa shape index (κ2) is 17.3. The van der Waals surface area contributed by atoms with Crippen LogP contribution in [-0.4, -0.2) is 49.3 Å². The van der Waals surface area contributed by atoms with Crippen LogP contribution in [0, 0.1) is 11.8 Å². The molecular weight excluding hydrogens is 512 g/mol. The molecule has 2 aromatic carbocycles. The lowest BCUT2D eigenvalue weighted by molar-refractivity contribution is -0.141. The van der Waals surface area contributed by atoms with Crippen LogP contribution in [-0.2, 0) is 32.2 Å². The van der Waals surface area contributed by atoms with Crippen molar-refractivity contribution >= 4 is 24.0 Å². The molecule has 2 atom stereocenters. The number of esters is 2. The van der Waals surface area contributed by atoms with Crippen molar-refractivity contribution in [1.82, 2.24) is 21.3 Å². The van der Waals surface area contributed by atoms with Crippen molar-refractivity contribution in [2.45, 2.75) is 52.9 Å². The molecule has 10 nitrogen and oxygen atoms in total. The normalized spacial score (nSPS) is 12.4. The fraction of sp³-hybridized carbons (Fsp3) is 0.400. The van der Waals surface area contributed by atoms with Gasteiger partial charge in [0.2, 0.25) is 0 Å². The standard InChI is InChI=1S/C30H40N4O6/c1-21(2)25(33-29(37)31-17-23-11-7-5-8-12-23)19-39-27(35)15-16-28(36)40-20-26(22(3)4)34-30(38)32-18-24-13-9-6-10-14-24/h5-16,21-22,25-26H,17-20H2,1-4H3,(H2,31,33,37)(H2,32,34,38)/b16-15+/t25-,26-/m0/s1. The van der Waals surface area contributed by atoms with Crippen LogP contribution in [0.5, 0.6) is 0 Å². The minimum atomic E-state index is -0.743. The Morgan fingerprint density at radius 2 is 0.975 bits per heavy atom. The lowest BCUT2D eigenvalue weighted by atomic mass is 10.1. The molecule has 0 saturated heterocycles. The Balaban J connectivity index is 1.72. The number of carbonyl (C=O) groups is 4. The van der Waals surface area contributed by atoms with Crippen molar-refractivity contribution in [3.63, 3.8) is 0 Å². The number of urea groups is 2. The van der Waals surface area contributed by atoms with E-state index in [1.54, 1.807) is 0 Å². The maximum atomic E-state index is 12.3. The maximum absolute atomic E-state index is 12.3. The van der Waals surface area contributed by atoms with Crippen molar-refractivity contribution in [1.29, 1.82) is 0 Å². The summed E-state index contributed by atoms with van der Waals surface area (Å²) in [4.78, 5) is 48.8. The maximum Gasteiger partial charge on any atom is 0.331 e. The van der Waals surface area contributed by atoms with Crippen molar-refractivity contribution < 1.29 is 28.7 Å². The molecule has 0 unspecified atom stereocenters. The topological polar surface area (TPSA) is 135 Å². The second-order valence-corrected chi connectivity index (χ2v) is 9.92. The molecule has 0 fully saturated rings. The van der Waals surface area contributed by atoms with Crippen LogP contribution in [0.3, 0.4) is 0 Å². The molecule has 216 valence electrons. The zero-order valence-electron chi connectivity index (χ0n) is 23.5. The molecule has 10 heteroatoms. The Hall–Kier alpha value is -4.34. The van der Waals surface area contributed by atoms with Gasteiger partial charge in [-0.25, -0.2) is 19.2 Å². The molecule has 0 aliphatic rings. The van der Waals surface area contributed by atoms with E-state index in [9.17, 15) is 19.2 Å². The Bertz CT molecular complexity index is 1020. The number of rotatable bonds is 14. The van der Waals surface area contributed by atoms with Gasteiger partial charge in [0.1, 0.15) is 13.2 Å². The van der Waals surface area contributed by atoms with E-state index in [1.807, 2.05) is 88.4 Å². The van der Waals surface area contributed by atoms with E-state index in [0.29, 0.717) is 13.1 Å². The van der Waals surface area contributed by atoms with E-state index in [1.165, 1.54) is 0 Å². The highest BCUT2D eigenvalue weighted by Gasteiger charge is 2.19. The number of hydrogen-bond acceptors (Lipinski definition) is 6. The molecule has 2 aromatic rings. The molecule has 0 radical (unpaired) electrons. The largest absolute Gasteiger partial charge is 0.460 e. The van der Waals surface area contributed by atoms with Crippen LogP contribution < -0.4 is 21.3 Å². The van der Waals surface area contributed by atoms with Crippen molar-refractivity contribution in [3.8, 4) is 0 Å². The predicted molar refractivity (Wildman–Crippen MR) is 152 cm³/mol. The quantitative estimate of drug-likeness (QED) is 0.209.